The van der Waals surface area contributed by atoms with Crippen molar-refractivity contribution in [2.45, 2.75) is 39.0 Å². The van der Waals surface area contributed by atoms with Crippen molar-refractivity contribution in [1.82, 2.24) is 10.6 Å². The van der Waals surface area contributed by atoms with E-state index in [1.807, 2.05) is 30.0 Å². The first-order valence-electron chi connectivity index (χ1n) is 9.41. The minimum atomic E-state index is -0.260. The van der Waals surface area contributed by atoms with Crippen molar-refractivity contribution in [2.75, 3.05) is 24.5 Å². The fourth-order valence-corrected chi connectivity index (χ4v) is 3.75. The minimum absolute atomic E-state index is 0. The van der Waals surface area contributed by atoms with Gasteiger partial charge < -0.3 is 20.6 Å². The van der Waals surface area contributed by atoms with E-state index in [4.69, 9.17) is 0 Å². The van der Waals surface area contributed by atoms with Crippen molar-refractivity contribution in [1.29, 1.82) is 0 Å². The maximum atomic E-state index is 14.6. The van der Waals surface area contributed by atoms with Crippen LogP contribution in [-0.4, -0.2) is 36.8 Å². The van der Waals surface area contributed by atoms with Crippen LogP contribution in [0.1, 0.15) is 30.2 Å². The highest BCUT2D eigenvalue weighted by Gasteiger charge is 2.19. The number of piperidine rings is 1. The lowest BCUT2D eigenvalue weighted by Crippen LogP contribution is -2.36. The molecule has 0 bridgehead atoms. The summed E-state index contributed by atoms with van der Waals surface area (Å²) < 4.78 is 14.6. The van der Waals surface area contributed by atoms with Crippen molar-refractivity contribution < 1.29 is 9.50 Å². The van der Waals surface area contributed by atoms with Crippen molar-refractivity contribution in [3.05, 3.63) is 52.0 Å². The van der Waals surface area contributed by atoms with Crippen LogP contribution in [0.3, 0.4) is 0 Å². The van der Waals surface area contributed by atoms with Gasteiger partial charge in [-0.25, -0.2) is 9.38 Å². The zero-order chi connectivity index (χ0) is 19.1. The average molecular weight is 518 g/mol. The van der Waals surface area contributed by atoms with Gasteiger partial charge in [-0.05, 0) is 48.9 Å². The summed E-state index contributed by atoms with van der Waals surface area (Å²) in [6.07, 6.45) is 1.12. The standard InChI is InChI=1S/C20H27FN4OS.HI/c1-2-22-20(24-14-17-4-3-11-27-17)23-13-15-5-6-19(18(21)12-15)25-9-7-16(26)8-10-25;/h3-6,11-12,16,26H,2,7-10,13-14H2,1H3,(H2,22,23,24);1H. The Morgan fingerprint density at radius 2 is 2.07 bits per heavy atom. The number of aliphatic hydroxyl groups is 1. The average Bonchev–Trinajstić information content (AvgIpc) is 3.19. The maximum Gasteiger partial charge on any atom is 0.191 e. The zero-order valence-corrected chi connectivity index (χ0v) is 19.2. The van der Waals surface area contributed by atoms with Crippen LogP contribution in [0.2, 0.25) is 0 Å². The van der Waals surface area contributed by atoms with Gasteiger partial charge >= 0.3 is 0 Å². The van der Waals surface area contributed by atoms with Crippen molar-refractivity contribution in [3.8, 4) is 0 Å². The number of halogens is 2. The topological polar surface area (TPSA) is 59.9 Å². The summed E-state index contributed by atoms with van der Waals surface area (Å²) in [6.45, 7) is 5.30. The first-order valence-corrected chi connectivity index (χ1v) is 10.3. The molecule has 0 radical (unpaired) electrons. The van der Waals surface area contributed by atoms with E-state index < -0.39 is 0 Å². The molecule has 28 heavy (non-hydrogen) atoms. The molecule has 3 N–H and O–H groups in total. The number of aliphatic imine (C=N–C) groups is 1. The van der Waals surface area contributed by atoms with E-state index >= 15 is 0 Å². The molecule has 0 aliphatic carbocycles. The number of anilines is 1. The minimum Gasteiger partial charge on any atom is -0.393 e. The number of thiophene rings is 1. The molecule has 5 nitrogen and oxygen atoms in total. The Bertz CT molecular complexity index is 749. The number of aliphatic hydroxyl groups excluding tert-OH is 1. The molecule has 8 heteroatoms. The smallest absolute Gasteiger partial charge is 0.191 e. The molecule has 154 valence electrons. The molecule has 1 aromatic heterocycles. The maximum absolute atomic E-state index is 14.6. The van der Waals surface area contributed by atoms with Gasteiger partial charge in [-0.15, -0.1) is 35.3 Å². The lowest BCUT2D eigenvalue weighted by Gasteiger charge is -2.31. The second-order valence-electron chi connectivity index (χ2n) is 6.63. The summed E-state index contributed by atoms with van der Waals surface area (Å²) in [5.74, 6) is 0.496. The molecule has 0 atom stereocenters. The van der Waals surface area contributed by atoms with E-state index in [9.17, 15) is 9.50 Å². The number of guanidine groups is 1. The third kappa shape index (κ3) is 6.59. The van der Waals surface area contributed by atoms with Crippen LogP contribution >= 0.6 is 35.3 Å². The van der Waals surface area contributed by atoms with Gasteiger partial charge in [0.25, 0.3) is 0 Å². The molecule has 1 aromatic carbocycles. The molecule has 1 aliphatic rings. The van der Waals surface area contributed by atoms with Gasteiger partial charge in [0, 0.05) is 24.5 Å². The Labute approximate surface area is 187 Å². The Balaban J connectivity index is 0.00000280. The van der Waals surface area contributed by atoms with E-state index in [1.165, 1.54) is 4.88 Å². The van der Waals surface area contributed by atoms with Crippen molar-refractivity contribution in [3.63, 3.8) is 0 Å². The Hall–Kier alpha value is -1.39. The van der Waals surface area contributed by atoms with Gasteiger partial charge in [0.05, 0.1) is 24.9 Å². The second-order valence-corrected chi connectivity index (χ2v) is 7.66. The summed E-state index contributed by atoms with van der Waals surface area (Å²) in [5.41, 5.74) is 1.44. The van der Waals surface area contributed by atoms with Gasteiger partial charge in [-0.1, -0.05) is 12.1 Å². The second kappa shape index (κ2) is 11.6. The lowest BCUT2D eigenvalue weighted by molar-refractivity contribution is 0.145. The number of nitrogens with zero attached hydrogens (tertiary/aromatic N) is 2. The molecule has 1 fully saturated rings. The Kier molecular flexibility index (Phi) is 9.46. The molecular weight excluding hydrogens is 490 g/mol. The number of hydrogen-bond acceptors (Lipinski definition) is 4. The van der Waals surface area contributed by atoms with Gasteiger partial charge in [0.1, 0.15) is 5.82 Å². The molecule has 2 aromatic rings. The molecule has 0 amide bonds. The van der Waals surface area contributed by atoms with Crippen molar-refractivity contribution >= 4 is 47.0 Å². The third-order valence-corrected chi connectivity index (χ3v) is 5.47. The molecule has 0 unspecified atom stereocenters. The van der Waals surface area contributed by atoms with Gasteiger partial charge in [0.2, 0.25) is 0 Å². The zero-order valence-electron chi connectivity index (χ0n) is 16.0. The van der Waals surface area contributed by atoms with Gasteiger partial charge in [-0.3, -0.25) is 0 Å². The largest absolute Gasteiger partial charge is 0.393 e. The Morgan fingerprint density at radius 1 is 1.29 bits per heavy atom. The summed E-state index contributed by atoms with van der Waals surface area (Å²) in [4.78, 5) is 7.80. The van der Waals surface area contributed by atoms with Crippen LogP contribution in [0.4, 0.5) is 10.1 Å². The number of benzene rings is 1. The monoisotopic (exact) mass is 518 g/mol. The highest BCUT2D eigenvalue weighted by atomic mass is 127. The van der Waals surface area contributed by atoms with Crippen LogP contribution < -0.4 is 15.5 Å². The molecule has 3 rings (SSSR count). The van der Waals surface area contributed by atoms with Crippen LogP contribution in [0.25, 0.3) is 0 Å². The predicted molar refractivity (Wildman–Crippen MR) is 125 cm³/mol. The van der Waals surface area contributed by atoms with E-state index in [2.05, 4.69) is 27.1 Å². The summed E-state index contributed by atoms with van der Waals surface area (Å²) in [6, 6.07) is 9.42. The van der Waals surface area contributed by atoms with Crippen LogP contribution in [0.15, 0.2) is 40.7 Å². The number of nitrogens with one attached hydrogen (secondary N) is 2. The first-order chi connectivity index (χ1) is 13.2. The number of hydrogen-bond donors (Lipinski definition) is 3. The van der Waals surface area contributed by atoms with Crippen LogP contribution in [0, 0.1) is 5.82 Å². The molecule has 1 aliphatic heterocycles. The fourth-order valence-electron chi connectivity index (χ4n) is 3.11. The van der Waals surface area contributed by atoms with E-state index in [1.54, 1.807) is 17.4 Å². The Morgan fingerprint density at radius 3 is 2.71 bits per heavy atom. The van der Waals surface area contributed by atoms with E-state index in [-0.39, 0.29) is 35.9 Å². The van der Waals surface area contributed by atoms with Crippen molar-refractivity contribution in [2.24, 2.45) is 4.99 Å². The summed E-state index contributed by atoms with van der Waals surface area (Å²) >= 11 is 1.70. The molecule has 0 saturated carbocycles. The third-order valence-electron chi connectivity index (χ3n) is 4.59. The molecular formula is C20H28FIN4OS. The van der Waals surface area contributed by atoms with E-state index in [0.717, 1.165) is 24.6 Å². The summed E-state index contributed by atoms with van der Waals surface area (Å²) in [5, 5.41) is 18.2. The normalized spacial score (nSPS) is 15.2. The highest BCUT2D eigenvalue weighted by Crippen LogP contribution is 2.24. The molecule has 2 heterocycles. The SMILES string of the molecule is CCNC(=NCc1ccc(N2CCC(O)CC2)c(F)c1)NCc1cccs1.I. The predicted octanol–water partition coefficient (Wildman–Crippen LogP) is 3.72. The highest BCUT2D eigenvalue weighted by molar-refractivity contribution is 14.0. The van der Waals surface area contributed by atoms with Gasteiger partial charge in [-0.2, -0.15) is 0 Å². The van der Waals surface area contributed by atoms with Gasteiger partial charge in [0.15, 0.2) is 5.96 Å². The lowest BCUT2D eigenvalue weighted by atomic mass is 10.1. The molecule has 1 saturated heterocycles. The number of rotatable bonds is 6. The quantitative estimate of drug-likeness (QED) is 0.310. The van der Waals surface area contributed by atoms with Crippen LogP contribution in [0.5, 0.6) is 0 Å². The summed E-state index contributed by atoms with van der Waals surface area (Å²) in [7, 11) is 0. The van der Waals surface area contributed by atoms with Crippen LogP contribution in [-0.2, 0) is 13.1 Å². The fraction of sp³-hybridized carbons (Fsp3) is 0.450. The van der Waals surface area contributed by atoms with E-state index in [0.29, 0.717) is 38.2 Å². The first kappa shape index (κ1) is 22.9. The molecule has 0 spiro atoms.